The van der Waals surface area contributed by atoms with Crippen LogP contribution in [0.5, 0.6) is 5.75 Å². The summed E-state index contributed by atoms with van der Waals surface area (Å²) in [5, 5.41) is 12.9. The molecule has 0 fully saturated rings. The first-order valence-corrected chi connectivity index (χ1v) is 9.78. The fraction of sp³-hybridized carbons (Fsp3) is 0.524. The van der Waals surface area contributed by atoms with Crippen molar-refractivity contribution < 1.29 is 23.8 Å². The zero-order valence-electron chi connectivity index (χ0n) is 17.2. The molecule has 1 aromatic heterocycles. The minimum Gasteiger partial charge on any atom is -0.486 e. The van der Waals surface area contributed by atoms with Crippen molar-refractivity contribution in [2.45, 2.75) is 52.0 Å². The highest BCUT2D eigenvalue weighted by Gasteiger charge is 2.21. The molecule has 1 aromatic carbocycles. The van der Waals surface area contributed by atoms with Crippen molar-refractivity contribution in [2.75, 3.05) is 19.6 Å². The number of nitrogens with zero attached hydrogens (tertiary/aromatic N) is 2. The second-order valence-corrected chi connectivity index (χ2v) is 8.21. The van der Waals surface area contributed by atoms with E-state index in [1.807, 2.05) is 6.07 Å². The van der Waals surface area contributed by atoms with Crippen molar-refractivity contribution in [3.63, 3.8) is 0 Å². The highest BCUT2D eigenvalue weighted by molar-refractivity contribution is 5.67. The molecule has 2 aromatic rings. The topological polar surface area (TPSA) is 97.1 Å². The Morgan fingerprint density at radius 2 is 2.21 bits per heavy atom. The third kappa shape index (κ3) is 6.76. The van der Waals surface area contributed by atoms with E-state index in [2.05, 4.69) is 27.3 Å². The Kier molecular flexibility index (Phi) is 6.76. The van der Waals surface area contributed by atoms with Gasteiger partial charge in [0.1, 0.15) is 18.0 Å². The molecule has 0 saturated heterocycles. The quantitative estimate of drug-likeness (QED) is 0.733. The maximum atomic E-state index is 11.7. The number of aromatic nitrogens is 1. The summed E-state index contributed by atoms with van der Waals surface area (Å²) in [6, 6.07) is 6.06. The Hall–Kier alpha value is -2.58. The summed E-state index contributed by atoms with van der Waals surface area (Å²) in [7, 11) is 0. The van der Waals surface area contributed by atoms with Crippen LogP contribution >= 0.6 is 0 Å². The molecule has 1 atom stereocenters. The Labute approximate surface area is 170 Å². The van der Waals surface area contributed by atoms with Gasteiger partial charge in [-0.25, -0.2) is 9.78 Å². The molecule has 29 heavy (non-hydrogen) atoms. The van der Waals surface area contributed by atoms with E-state index in [0.717, 1.165) is 25.3 Å². The van der Waals surface area contributed by atoms with Gasteiger partial charge in [-0.3, -0.25) is 4.90 Å². The van der Waals surface area contributed by atoms with Crippen LogP contribution in [0.15, 0.2) is 35.2 Å². The van der Waals surface area contributed by atoms with Crippen molar-refractivity contribution >= 4 is 6.09 Å². The number of alkyl carbamates (subject to hydrolysis) is 1. The van der Waals surface area contributed by atoms with E-state index in [1.54, 1.807) is 27.0 Å². The molecule has 1 unspecified atom stereocenters. The maximum Gasteiger partial charge on any atom is 0.407 e. The van der Waals surface area contributed by atoms with E-state index in [0.29, 0.717) is 18.9 Å². The Bertz CT molecular complexity index is 801. The number of hydrogen-bond acceptors (Lipinski definition) is 7. The summed E-state index contributed by atoms with van der Waals surface area (Å²) < 4.78 is 16.1. The van der Waals surface area contributed by atoms with Crippen LogP contribution in [-0.4, -0.2) is 52.4 Å². The molecule has 2 N–H and O–H groups in total. The van der Waals surface area contributed by atoms with Crippen molar-refractivity contribution in [3.8, 4) is 5.75 Å². The van der Waals surface area contributed by atoms with E-state index >= 15 is 0 Å². The zero-order chi connectivity index (χ0) is 20.9. The molecule has 8 heteroatoms. The summed E-state index contributed by atoms with van der Waals surface area (Å²) in [5.41, 5.74) is 1.91. The van der Waals surface area contributed by atoms with Crippen LogP contribution in [0.1, 0.15) is 37.7 Å². The number of ether oxygens (including phenoxy) is 2. The molecule has 3 rings (SSSR count). The number of hydrogen-bond donors (Lipinski definition) is 2. The number of carbonyl (C=O) groups is 1. The van der Waals surface area contributed by atoms with Crippen molar-refractivity contribution in [3.05, 3.63) is 47.7 Å². The van der Waals surface area contributed by atoms with Crippen LogP contribution in [0.2, 0.25) is 0 Å². The van der Waals surface area contributed by atoms with Gasteiger partial charge in [0, 0.05) is 26.2 Å². The summed E-state index contributed by atoms with van der Waals surface area (Å²) in [4.78, 5) is 17.8. The van der Waals surface area contributed by atoms with E-state index < -0.39 is 17.8 Å². The molecule has 1 aliphatic heterocycles. The highest BCUT2D eigenvalue weighted by Crippen LogP contribution is 2.24. The number of nitrogens with one attached hydrogen (secondary N) is 1. The summed E-state index contributed by atoms with van der Waals surface area (Å²) in [6.45, 7) is 7.99. The number of amides is 1. The smallest absolute Gasteiger partial charge is 0.407 e. The van der Waals surface area contributed by atoms with Gasteiger partial charge in [-0.1, -0.05) is 6.07 Å². The molecule has 1 amide bonds. The molecular formula is C21H29N3O5. The Morgan fingerprint density at radius 3 is 2.93 bits per heavy atom. The number of aliphatic hydroxyl groups is 1. The molecular weight excluding hydrogens is 374 g/mol. The number of fused-ring (bicyclic) bond motifs is 1. The average molecular weight is 403 g/mol. The van der Waals surface area contributed by atoms with Gasteiger partial charge in [0.2, 0.25) is 0 Å². The number of benzene rings is 1. The van der Waals surface area contributed by atoms with E-state index in [4.69, 9.17) is 13.9 Å². The molecule has 0 bridgehead atoms. The van der Waals surface area contributed by atoms with Gasteiger partial charge in [-0.05, 0) is 50.5 Å². The third-order valence-corrected chi connectivity index (χ3v) is 4.48. The van der Waals surface area contributed by atoms with Crippen molar-refractivity contribution in [1.29, 1.82) is 0 Å². The van der Waals surface area contributed by atoms with Gasteiger partial charge in [0.25, 0.3) is 0 Å². The number of aliphatic hydroxyl groups excluding tert-OH is 1. The predicted octanol–water partition coefficient (Wildman–Crippen LogP) is 2.50. The molecule has 2 heterocycles. The second-order valence-electron chi connectivity index (χ2n) is 8.21. The Morgan fingerprint density at radius 1 is 1.38 bits per heavy atom. The standard InChI is InChI=1S/C21H29N3O5/c1-21(2,3)29-20(26)23-9-17(25)12-24-7-6-15-8-18(5-4-16(15)11-24)27-13-19-10-22-14-28-19/h4-5,8,10,14,17,25H,6-7,9,11-13H2,1-3H3,(H,23,26). The summed E-state index contributed by atoms with van der Waals surface area (Å²) in [6.07, 6.45) is 2.73. The van der Waals surface area contributed by atoms with Crippen LogP contribution in [0.4, 0.5) is 4.79 Å². The van der Waals surface area contributed by atoms with Gasteiger partial charge < -0.3 is 24.3 Å². The first kappa shape index (κ1) is 21.1. The fourth-order valence-corrected chi connectivity index (χ4v) is 3.18. The lowest BCUT2D eigenvalue weighted by Crippen LogP contribution is -2.43. The lowest BCUT2D eigenvalue weighted by Gasteiger charge is -2.30. The lowest BCUT2D eigenvalue weighted by atomic mass is 9.99. The predicted molar refractivity (Wildman–Crippen MR) is 107 cm³/mol. The second kappa shape index (κ2) is 9.28. The van der Waals surface area contributed by atoms with E-state index in [1.165, 1.54) is 17.5 Å². The van der Waals surface area contributed by atoms with Crippen LogP contribution in [-0.2, 0) is 24.3 Å². The minimum atomic E-state index is -0.659. The van der Waals surface area contributed by atoms with Crippen LogP contribution in [0, 0.1) is 0 Å². The summed E-state index contributed by atoms with van der Waals surface area (Å²) >= 11 is 0. The normalized spacial score (nSPS) is 15.4. The number of β-amino-alcohol motifs (C(OH)–C–C–N with tert-alkyl or cyclic N) is 1. The maximum absolute atomic E-state index is 11.7. The first-order chi connectivity index (χ1) is 13.8. The molecule has 0 aliphatic carbocycles. The molecule has 158 valence electrons. The molecule has 8 nitrogen and oxygen atoms in total. The summed E-state index contributed by atoms with van der Waals surface area (Å²) in [5.74, 6) is 1.48. The SMILES string of the molecule is CC(C)(C)OC(=O)NCC(O)CN1CCc2cc(OCc3cnco3)ccc2C1. The van der Waals surface area contributed by atoms with Gasteiger partial charge in [-0.15, -0.1) is 0 Å². The molecule has 0 spiro atoms. The minimum absolute atomic E-state index is 0.159. The third-order valence-electron chi connectivity index (χ3n) is 4.48. The van der Waals surface area contributed by atoms with Gasteiger partial charge in [0.15, 0.2) is 12.2 Å². The van der Waals surface area contributed by atoms with Gasteiger partial charge >= 0.3 is 6.09 Å². The molecule has 0 radical (unpaired) electrons. The highest BCUT2D eigenvalue weighted by atomic mass is 16.6. The Balaban J connectivity index is 1.45. The van der Waals surface area contributed by atoms with Crippen LogP contribution < -0.4 is 10.1 Å². The molecule has 1 aliphatic rings. The first-order valence-electron chi connectivity index (χ1n) is 9.78. The average Bonchev–Trinajstić information content (AvgIpc) is 3.17. The zero-order valence-corrected chi connectivity index (χ0v) is 17.2. The number of carbonyl (C=O) groups excluding carboxylic acids is 1. The number of oxazole rings is 1. The van der Waals surface area contributed by atoms with Crippen LogP contribution in [0.3, 0.4) is 0 Å². The van der Waals surface area contributed by atoms with Crippen LogP contribution in [0.25, 0.3) is 0 Å². The monoisotopic (exact) mass is 403 g/mol. The van der Waals surface area contributed by atoms with E-state index in [9.17, 15) is 9.90 Å². The van der Waals surface area contributed by atoms with Crippen molar-refractivity contribution in [2.24, 2.45) is 0 Å². The lowest BCUT2D eigenvalue weighted by molar-refractivity contribution is 0.0464. The van der Waals surface area contributed by atoms with Crippen molar-refractivity contribution in [1.82, 2.24) is 15.2 Å². The van der Waals surface area contributed by atoms with Gasteiger partial charge in [0.05, 0.1) is 12.3 Å². The largest absolute Gasteiger partial charge is 0.486 e. The number of rotatable bonds is 7. The van der Waals surface area contributed by atoms with E-state index in [-0.39, 0.29) is 6.54 Å². The van der Waals surface area contributed by atoms with Gasteiger partial charge in [-0.2, -0.15) is 0 Å². The fourth-order valence-electron chi connectivity index (χ4n) is 3.18. The molecule has 0 saturated carbocycles.